The first-order valence-corrected chi connectivity index (χ1v) is 12.1. The average Bonchev–Trinajstić information content (AvgIpc) is 3.19. The van der Waals surface area contributed by atoms with Crippen molar-refractivity contribution in [1.82, 2.24) is 14.7 Å². The smallest absolute Gasteiger partial charge is 0.305 e. The summed E-state index contributed by atoms with van der Waals surface area (Å²) in [5.74, 6) is -0.428. The van der Waals surface area contributed by atoms with E-state index < -0.39 is 12.0 Å². The molecule has 0 saturated heterocycles. The highest BCUT2D eigenvalue weighted by molar-refractivity contribution is 6.00. The highest BCUT2D eigenvalue weighted by atomic mass is 16.4. The van der Waals surface area contributed by atoms with Crippen molar-refractivity contribution in [3.63, 3.8) is 0 Å². The summed E-state index contributed by atoms with van der Waals surface area (Å²) in [7, 11) is 0. The van der Waals surface area contributed by atoms with Gasteiger partial charge in [-0.25, -0.2) is 4.98 Å². The van der Waals surface area contributed by atoms with Crippen LogP contribution in [0.25, 0.3) is 5.65 Å². The molecule has 0 bridgehead atoms. The summed E-state index contributed by atoms with van der Waals surface area (Å²) in [4.78, 5) is 29.9. The first-order chi connectivity index (χ1) is 17.2. The fraction of sp³-hybridized carbons (Fsp3) is 0.276. The van der Waals surface area contributed by atoms with E-state index >= 15 is 0 Å². The van der Waals surface area contributed by atoms with E-state index in [-0.39, 0.29) is 18.2 Å². The number of pyridine rings is 1. The van der Waals surface area contributed by atoms with Crippen molar-refractivity contribution >= 4 is 29.0 Å². The zero-order chi connectivity index (χ0) is 26.0. The number of anilines is 2. The summed E-state index contributed by atoms with van der Waals surface area (Å²) >= 11 is 0. The van der Waals surface area contributed by atoms with Crippen LogP contribution in [0.2, 0.25) is 0 Å². The summed E-state index contributed by atoms with van der Waals surface area (Å²) in [6.45, 7) is 10.2. The van der Waals surface area contributed by atoms with Crippen LogP contribution in [0.1, 0.15) is 70.5 Å². The van der Waals surface area contributed by atoms with Gasteiger partial charge in [-0.15, -0.1) is 0 Å². The lowest BCUT2D eigenvalue weighted by Gasteiger charge is -2.18. The highest BCUT2D eigenvalue weighted by Gasteiger charge is 2.24. The van der Waals surface area contributed by atoms with Crippen LogP contribution in [0.4, 0.5) is 11.5 Å². The van der Waals surface area contributed by atoms with E-state index in [1.54, 1.807) is 6.07 Å². The molecule has 0 aliphatic rings. The van der Waals surface area contributed by atoms with Crippen LogP contribution in [0.3, 0.4) is 0 Å². The Kier molecular flexibility index (Phi) is 7.10. The van der Waals surface area contributed by atoms with Crippen LogP contribution in [0, 0.1) is 20.8 Å². The van der Waals surface area contributed by atoms with E-state index in [2.05, 4.69) is 50.5 Å². The number of imidazole rings is 1. The van der Waals surface area contributed by atoms with Crippen LogP contribution < -0.4 is 10.6 Å². The summed E-state index contributed by atoms with van der Waals surface area (Å²) in [5, 5.41) is 16.0. The first-order valence-electron chi connectivity index (χ1n) is 12.1. The second-order valence-electron chi connectivity index (χ2n) is 9.55. The maximum atomic E-state index is 13.5. The molecule has 7 heteroatoms. The summed E-state index contributed by atoms with van der Waals surface area (Å²) < 4.78 is 1.90. The Hall–Kier alpha value is -4.13. The molecule has 2 heterocycles. The number of rotatable bonds is 8. The van der Waals surface area contributed by atoms with Crippen LogP contribution in [-0.2, 0) is 4.79 Å². The quantitative estimate of drug-likeness (QED) is 0.282. The fourth-order valence-electron chi connectivity index (χ4n) is 4.47. The Morgan fingerprint density at radius 3 is 2.33 bits per heavy atom. The number of aliphatic carboxylic acids is 1. The molecule has 0 spiro atoms. The Morgan fingerprint density at radius 2 is 1.69 bits per heavy atom. The largest absolute Gasteiger partial charge is 0.481 e. The van der Waals surface area contributed by atoms with Gasteiger partial charge in [0.2, 0.25) is 0 Å². The molecule has 1 atom stereocenters. The van der Waals surface area contributed by atoms with Gasteiger partial charge >= 0.3 is 5.97 Å². The Morgan fingerprint density at radius 1 is 1.00 bits per heavy atom. The SMILES string of the molecule is Cc1cccc(C(CC(=O)O)NC(=O)c2cccn3c(Nc4c(C)cccc4C)c(C(C)C)nc23)c1. The van der Waals surface area contributed by atoms with Gasteiger partial charge in [-0.05, 0) is 55.5 Å². The number of hydrogen-bond donors (Lipinski definition) is 3. The molecule has 4 rings (SSSR count). The van der Waals surface area contributed by atoms with Gasteiger partial charge in [0.05, 0.1) is 23.7 Å². The Bertz CT molecular complexity index is 1420. The zero-order valence-corrected chi connectivity index (χ0v) is 21.3. The molecule has 1 unspecified atom stereocenters. The number of nitrogens with zero attached hydrogens (tertiary/aromatic N) is 2. The normalized spacial score (nSPS) is 12.1. The third-order valence-electron chi connectivity index (χ3n) is 6.32. The molecular formula is C29H32N4O3. The second kappa shape index (κ2) is 10.2. The topological polar surface area (TPSA) is 95.7 Å². The van der Waals surface area contributed by atoms with Gasteiger partial charge < -0.3 is 15.7 Å². The number of fused-ring (bicyclic) bond motifs is 1. The third kappa shape index (κ3) is 5.10. The number of amides is 1. The monoisotopic (exact) mass is 484 g/mol. The number of aryl methyl sites for hydroxylation is 3. The van der Waals surface area contributed by atoms with Gasteiger partial charge in [-0.3, -0.25) is 14.0 Å². The van der Waals surface area contributed by atoms with Crippen molar-refractivity contribution in [2.45, 2.75) is 53.0 Å². The Balaban J connectivity index is 1.76. The molecule has 36 heavy (non-hydrogen) atoms. The van der Waals surface area contributed by atoms with Crippen molar-refractivity contribution in [1.29, 1.82) is 0 Å². The van der Waals surface area contributed by atoms with E-state index in [0.29, 0.717) is 11.2 Å². The third-order valence-corrected chi connectivity index (χ3v) is 6.32. The predicted molar refractivity (Wildman–Crippen MR) is 142 cm³/mol. The highest BCUT2D eigenvalue weighted by Crippen LogP contribution is 2.32. The number of nitrogens with one attached hydrogen (secondary N) is 2. The molecule has 1 amide bonds. The number of para-hydroxylation sites is 1. The Labute approximate surface area is 211 Å². The minimum Gasteiger partial charge on any atom is -0.481 e. The van der Waals surface area contributed by atoms with Crippen LogP contribution in [-0.4, -0.2) is 26.4 Å². The summed E-state index contributed by atoms with van der Waals surface area (Å²) in [5.41, 5.74) is 6.74. The summed E-state index contributed by atoms with van der Waals surface area (Å²) in [6.07, 6.45) is 1.67. The van der Waals surface area contributed by atoms with Crippen LogP contribution >= 0.6 is 0 Å². The maximum Gasteiger partial charge on any atom is 0.305 e. The lowest BCUT2D eigenvalue weighted by Crippen LogP contribution is -2.30. The van der Waals surface area contributed by atoms with Gasteiger partial charge in [-0.2, -0.15) is 0 Å². The van der Waals surface area contributed by atoms with Gasteiger partial charge in [-0.1, -0.05) is 61.9 Å². The van der Waals surface area contributed by atoms with Crippen LogP contribution in [0.15, 0.2) is 60.8 Å². The van der Waals surface area contributed by atoms with Gasteiger partial charge in [0, 0.05) is 11.9 Å². The van der Waals surface area contributed by atoms with Gasteiger partial charge in [0.1, 0.15) is 5.82 Å². The molecule has 0 aliphatic heterocycles. The lowest BCUT2D eigenvalue weighted by molar-refractivity contribution is -0.137. The van der Waals surface area contributed by atoms with Crippen LogP contribution in [0.5, 0.6) is 0 Å². The van der Waals surface area contributed by atoms with E-state index in [0.717, 1.165) is 39.5 Å². The number of carbonyl (C=O) groups is 2. The van der Waals surface area contributed by atoms with Gasteiger partial charge in [0.15, 0.2) is 5.65 Å². The van der Waals surface area contributed by atoms with E-state index in [1.165, 1.54) is 0 Å². The van der Waals surface area contributed by atoms with Crippen molar-refractivity contribution in [3.8, 4) is 0 Å². The number of carbonyl (C=O) groups excluding carboxylic acids is 1. The second-order valence-corrected chi connectivity index (χ2v) is 9.55. The molecule has 7 nitrogen and oxygen atoms in total. The number of aromatic nitrogens is 2. The minimum atomic E-state index is -0.983. The summed E-state index contributed by atoms with van der Waals surface area (Å²) in [6, 6.07) is 16.5. The number of benzene rings is 2. The predicted octanol–water partition coefficient (Wildman–Crippen LogP) is 6.07. The van der Waals surface area contributed by atoms with Crippen molar-refractivity contribution in [2.75, 3.05) is 5.32 Å². The molecule has 2 aromatic carbocycles. The molecule has 186 valence electrons. The standard InChI is InChI=1S/C29H32N4O3/c1-17(2)25-28(32-26-19(4)10-7-11-20(26)5)33-14-8-13-22(27(33)31-25)29(36)30-23(16-24(34)35)21-12-6-9-18(3)15-21/h6-15,17,23,32H,16H2,1-5H3,(H,30,36)(H,34,35). The number of carboxylic acids is 1. The molecule has 0 aliphatic carbocycles. The average molecular weight is 485 g/mol. The molecule has 2 aromatic heterocycles. The molecular weight excluding hydrogens is 452 g/mol. The molecule has 3 N–H and O–H groups in total. The van der Waals surface area contributed by atoms with E-state index in [1.807, 2.05) is 53.9 Å². The molecule has 4 aromatic rings. The maximum absolute atomic E-state index is 13.5. The first kappa shape index (κ1) is 25.0. The molecule has 0 fully saturated rings. The zero-order valence-electron chi connectivity index (χ0n) is 21.3. The van der Waals surface area contributed by atoms with E-state index in [9.17, 15) is 14.7 Å². The van der Waals surface area contributed by atoms with Crippen molar-refractivity contribution in [2.24, 2.45) is 0 Å². The number of hydrogen-bond acceptors (Lipinski definition) is 4. The number of carboxylic acid groups (broad SMARTS) is 1. The van der Waals surface area contributed by atoms with Gasteiger partial charge in [0.25, 0.3) is 5.91 Å². The van der Waals surface area contributed by atoms with E-state index in [4.69, 9.17) is 4.98 Å². The minimum absolute atomic E-state index is 0.111. The lowest BCUT2D eigenvalue weighted by atomic mass is 10.0. The van der Waals surface area contributed by atoms with Crippen molar-refractivity contribution < 1.29 is 14.7 Å². The fourth-order valence-corrected chi connectivity index (χ4v) is 4.47. The van der Waals surface area contributed by atoms with Crippen molar-refractivity contribution in [3.05, 3.63) is 94.3 Å². The molecule has 0 radical (unpaired) electrons. The molecule has 0 saturated carbocycles.